The second kappa shape index (κ2) is 8.70. The van der Waals surface area contributed by atoms with Crippen molar-refractivity contribution in [2.75, 3.05) is 0 Å². The number of imidazole rings is 1. The van der Waals surface area contributed by atoms with Crippen LogP contribution >= 0.6 is 0 Å². The van der Waals surface area contributed by atoms with Gasteiger partial charge in [-0.05, 0) is 66.3 Å². The average Bonchev–Trinajstić information content (AvgIpc) is 3.45. The lowest BCUT2D eigenvalue weighted by Crippen LogP contribution is -2.21. The van der Waals surface area contributed by atoms with Gasteiger partial charge < -0.3 is 4.57 Å². The van der Waals surface area contributed by atoms with Crippen molar-refractivity contribution >= 4 is 6.08 Å². The largest absolute Gasteiger partial charge is 0.333 e. The minimum Gasteiger partial charge on any atom is -0.301 e. The van der Waals surface area contributed by atoms with Gasteiger partial charge in [0.05, 0.1) is 34.3 Å². The summed E-state index contributed by atoms with van der Waals surface area (Å²) in [4.78, 5) is 22.5. The Balaban J connectivity index is 1.55. The third kappa shape index (κ3) is 4.42. The van der Waals surface area contributed by atoms with E-state index in [0.29, 0.717) is 11.4 Å². The van der Waals surface area contributed by atoms with Gasteiger partial charge in [-0.25, -0.2) is 4.79 Å². The fourth-order valence-electron chi connectivity index (χ4n) is 4.67. The molecule has 0 spiro atoms. The summed E-state index contributed by atoms with van der Waals surface area (Å²) in [7, 11) is 1.74. The first-order valence-electron chi connectivity index (χ1n) is 12.5. The molecule has 3 aromatic heterocycles. The zero-order chi connectivity index (χ0) is 26.5. The van der Waals surface area contributed by atoms with Crippen LogP contribution in [0.3, 0.4) is 0 Å². The molecular formula is C31H31N5O. The topological polar surface area (TPSA) is 76.5 Å². The molecule has 0 aliphatic heterocycles. The van der Waals surface area contributed by atoms with Gasteiger partial charge in [-0.15, -0.1) is 0 Å². The molecule has 186 valence electrons. The van der Waals surface area contributed by atoms with E-state index >= 15 is 0 Å². The number of aryl methyl sites for hydroxylation is 1. The standard InChI is InChI=1S/C31H31N5O/c1-30(2,3)24-14-21-13-22(17-34-26(21)16-24)20-11-12-33-27(15-20)28-18-35(6)29(37)36(28)25-9-7-23(8-10-25)31(4,5)19-32/h7-15,17-18H,16H2,1-6H3. The molecule has 1 aromatic carbocycles. The molecule has 0 amide bonds. The number of pyridine rings is 2. The van der Waals surface area contributed by atoms with Crippen molar-refractivity contribution in [2.24, 2.45) is 12.5 Å². The molecule has 4 aromatic rings. The number of benzene rings is 1. The van der Waals surface area contributed by atoms with Crippen LogP contribution in [0.15, 0.2) is 71.4 Å². The normalized spacial score (nSPS) is 13.3. The van der Waals surface area contributed by atoms with Gasteiger partial charge in [0, 0.05) is 37.6 Å². The minimum atomic E-state index is -0.606. The van der Waals surface area contributed by atoms with Crippen LogP contribution in [0.2, 0.25) is 0 Å². The molecule has 1 aliphatic carbocycles. The van der Waals surface area contributed by atoms with Gasteiger partial charge in [-0.3, -0.25) is 14.5 Å². The molecule has 3 heterocycles. The van der Waals surface area contributed by atoms with Crippen molar-refractivity contribution in [3.05, 3.63) is 93.9 Å². The van der Waals surface area contributed by atoms with E-state index in [1.54, 1.807) is 28.6 Å². The van der Waals surface area contributed by atoms with Crippen LogP contribution in [0.1, 0.15) is 51.4 Å². The maximum atomic E-state index is 13.1. The maximum Gasteiger partial charge on any atom is 0.333 e. The Bertz CT molecular complexity index is 1640. The highest BCUT2D eigenvalue weighted by atomic mass is 16.1. The lowest BCUT2D eigenvalue weighted by atomic mass is 9.86. The van der Waals surface area contributed by atoms with Crippen LogP contribution in [0.25, 0.3) is 34.3 Å². The van der Waals surface area contributed by atoms with Crippen LogP contribution in [-0.4, -0.2) is 19.1 Å². The number of nitriles is 1. The van der Waals surface area contributed by atoms with Gasteiger partial charge in [-0.2, -0.15) is 5.26 Å². The summed E-state index contributed by atoms with van der Waals surface area (Å²) < 4.78 is 3.22. The van der Waals surface area contributed by atoms with Crippen LogP contribution in [0.4, 0.5) is 0 Å². The highest BCUT2D eigenvalue weighted by molar-refractivity contribution is 5.73. The van der Waals surface area contributed by atoms with E-state index in [9.17, 15) is 10.1 Å². The molecule has 0 atom stereocenters. The molecule has 0 saturated heterocycles. The molecule has 0 saturated carbocycles. The van der Waals surface area contributed by atoms with Crippen molar-refractivity contribution in [3.63, 3.8) is 0 Å². The second-order valence-electron chi connectivity index (χ2n) is 11.3. The van der Waals surface area contributed by atoms with E-state index in [0.717, 1.165) is 40.1 Å². The summed E-state index contributed by atoms with van der Waals surface area (Å²) in [6, 6.07) is 16.1. The fourth-order valence-corrected chi connectivity index (χ4v) is 4.67. The third-order valence-electron chi connectivity index (χ3n) is 7.19. The molecule has 6 heteroatoms. The molecule has 37 heavy (non-hydrogen) atoms. The lowest BCUT2D eigenvalue weighted by molar-refractivity contribution is 0.497. The van der Waals surface area contributed by atoms with Gasteiger partial charge in [0.1, 0.15) is 0 Å². The molecule has 5 rings (SSSR count). The predicted octanol–water partition coefficient (Wildman–Crippen LogP) is 6.09. The second-order valence-corrected chi connectivity index (χ2v) is 11.3. The first kappa shape index (κ1) is 24.5. The molecule has 0 radical (unpaired) electrons. The monoisotopic (exact) mass is 489 g/mol. The lowest BCUT2D eigenvalue weighted by Gasteiger charge is -2.19. The summed E-state index contributed by atoms with van der Waals surface area (Å²) >= 11 is 0. The Kier molecular flexibility index (Phi) is 5.75. The Morgan fingerprint density at radius 3 is 2.38 bits per heavy atom. The Morgan fingerprint density at radius 1 is 0.973 bits per heavy atom. The van der Waals surface area contributed by atoms with E-state index in [4.69, 9.17) is 4.98 Å². The van der Waals surface area contributed by atoms with Gasteiger partial charge in [0.25, 0.3) is 0 Å². The molecule has 0 unspecified atom stereocenters. The van der Waals surface area contributed by atoms with E-state index in [1.165, 1.54) is 5.57 Å². The minimum absolute atomic E-state index is 0.115. The van der Waals surface area contributed by atoms with Gasteiger partial charge >= 0.3 is 5.69 Å². The summed E-state index contributed by atoms with van der Waals surface area (Å²) in [5, 5.41) is 9.47. The Hall–Kier alpha value is -4.24. The van der Waals surface area contributed by atoms with E-state index in [1.807, 2.05) is 56.4 Å². The van der Waals surface area contributed by atoms with Crippen LogP contribution in [0, 0.1) is 16.7 Å². The third-order valence-corrected chi connectivity index (χ3v) is 7.19. The first-order valence-corrected chi connectivity index (χ1v) is 12.5. The molecule has 0 fully saturated rings. The summed E-state index contributed by atoms with van der Waals surface area (Å²) in [5.41, 5.74) is 8.05. The van der Waals surface area contributed by atoms with Crippen LogP contribution in [0.5, 0.6) is 0 Å². The number of fused-ring (bicyclic) bond motifs is 1. The number of hydrogen-bond donors (Lipinski definition) is 0. The zero-order valence-corrected chi connectivity index (χ0v) is 22.2. The number of nitrogens with zero attached hydrogens (tertiary/aromatic N) is 5. The summed E-state index contributed by atoms with van der Waals surface area (Å²) in [6.07, 6.45) is 8.65. The predicted molar refractivity (Wildman–Crippen MR) is 147 cm³/mol. The van der Waals surface area contributed by atoms with Gasteiger partial charge in [0.2, 0.25) is 0 Å². The van der Waals surface area contributed by atoms with Crippen molar-refractivity contribution in [1.82, 2.24) is 19.1 Å². The molecule has 1 aliphatic rings. The van der Waals surface area contributed by atoms with Crippen molar-refractivity contribution in [2.45, 2.75) is 46.5 Å². The molecule has 0 N–H and O–H groups in total. The van der Waals surface area contributed by atoms with Crippen LogP contribution < -0.4 is 5.69 Å². The SMILES string of the molecule is Cn1cc(-c2cc(-c3cnc4c(c3)C=C(C(C)(C)C)C4)ccn2)n(-c2ccc(C(C)(C)C#N)cc2)c1=O. The zero-order valence-electron chi connectivity index (χ0n) is 22.2. The van der Waals surface area contributed by atoms with E-state index in [-0.39, 0.29) is 11.1 Å². The Labute approximate surface area is 217 Å². The molecular weight excluding hydrogens is 458 g/mol. The van der Waals surface area contributed by atoms with Crippen molar-refractivity contribution < 1.29 is 0 Å². The first-order chi connectivity index (χ1) is 17.5. The van der Waals surface area contributed by atoms with Crippen LogP contribution in [-0.2, 0) is 18.9 Å². The summed E-state index contributed by atoms with van der Waals surface area (Å²) in [5.74, 6) is 0. The van der Waals surface area contributed by atoms with Crippen molar-refractivity contribution in [3.8, 4) is 34.3 Å². The van der Waals surface area contributed by atoms with E-state index < -0.39 is 5.41 Å². The Morgan fingerprint density at radius 2 is 1.70 bits per heavy atom. The maximum absolute atomic E-state index is 13.1. The highest BCUT2D eigenvalue weighted by Gasteiger charge is 2.24. The number of aromatic nitrogens is 4. The van der Waals surface area contributed by atoms with Gasteiger partial charge in [-0.1, -0.05) is 44.6 Å². The average molecular weight is 490 g/mol. The number of hydrogen-bond acceptors (Lipinski definition) is 4. The van der Waals surface area contributed by atoms with Crippen molar-refractivity contribution in [1.29, 1.82) is 5.26 Å². The summed E-state index contributed by atoms with van der Waals surface area (Å²) in [6.45, 7) is 10.5. The number of allylic oxidation sites excluding steroid dienone is 1. The van der Waals surface area contributed by atoms with E-state index in [2.05, 4.69) is 44.0 Å². The fraction of sp³-hybridized carbons (Fsp3) is 0.290. The molecule has 0 bridgehead atoms. The quantitative estimate of drug-likeness (QED) is 0.348. The smallest absolute Gasteiger partial charge is 0.301 e. The highest BCUT2D eigenvalue weighted by Crippen LogP contribution is 2.37. The van der Waals surface area contributed by atoms with Gasteiger partial charge in [0.15, 0.2) is 0 Å². The molecule has 6 nitrogen and oxygen atoms in total. The number of rotatable bonds is 4.